The maximum Gasteiger partial charge on any atom is 0.242 e. The van der Waals surface area contributed by atoms with Gasteiger partial charge in [0.15, 0.2) is 0 Å². The molecular formula is C25H39N3O3. The highest BCUT2D eigenvalue weighted by molar-refractivity contribution is 5.87. The van der Waals surface area contributed by atoms with E-state index in [9.17, 15) is 9.59 Å². The lowest BCUT2D eigenvalue weighted by Gasteiger charge is -2.29. The molecule has 0 saturated heterocycles. The molecule has 1 aromatic rings. The summed E-state index contributed by atoms with van der Waals surface area (Å²) >= 11 is 0. The van der Waals surface area contributed by atoms with Gasteiger partial charge < -0.3 is 20.8 Å². The van der Waals surface area contributed by atoms with E-state index in [-0.39, 0.29) is 17.2 Å². The van der Waals surface area contributed by atoms with Crippen molar-refractivity contribution in [3.63, 3.8) is 0 Å². The van der Waals surface area contributed by atoms with E-state index in [2.05, 4.69) is 45.3 Å². The Morgan fingerprint density at radius 3 is 2.39 bits per heavy atom. The van der Waals surface area contributed by atoms with Crippen molar-refractivity contribution in [1.82, 2.24) is 10.6 Å². The Balaban J connectivity index is 1.91. The van der Waals surface area contributed by atoms with Crippen molar-refractivity contribution in [3.05, 3.63) is 46.4 Å². The van der Waals surface area contributed by atoms with Crippen molar-refractivity contribution in [3.8, 4) is 0 Å². The van der Waals surface area contributed by atoms with E-state index in [4.69, 9.17) is 10.2 Å². The van der Waals surface area contributed by atoms with Crippen molar-refractivity contribution in [2.75, 3.05) is 13.1 Å². The highest BCUT2D eigenvalue weighted by Gasteiger charge is 2.36. The fraction of sp³-hybridized carbons (Fsp3) is 0.600. The standard InChI is InChI=1S/C25H39N3O3/c1-17-18(2)20(4)25(5,19(17)3)12-9-23(29)28-22(8-6-7-13-26)24(30)27-14-10-21-11-15-31-16-21/h11,15-16,22H,6-10,12-14,26H2,1-5H3,(H,27,30)(H,28,29)/t22-/m0/s1. The average molecular weight is 430 g/mol. The number of furan rings is 1. The summed E-state index contributed by atoms with van der Waals surface area (Å²) in [6.45, 7) is 11.9. The van der Waals surface area contributed by atoms with Crippen molar-refractivity contribution in [1.29, 1.82) is 0 Å². The Morgan fingerprint density at radius 1 is 1.13 bits per heavy atom. The molecule has 4 N–H and O–H groups in total. The number of carbonyl (C=O) groups excluding carboxylic acids is 2. The molecule has 6 nitrogen and oxygen atoms in total. The molecule has 0 aromatic carbocycles. The van der Waals surface area contributed by atoms with Gasteiger partial charge in [0.05, 0.1) is 12.5 Å². The monoisotopic (exact) mass is 429 g/mol. The Bertz CT molecular complexity index is 797. The fourth-order valence-corrected chi connectivity index (χ4v) is 4.33. The number of rotatable bonds is 12. The van der Waals surface area contributed by atoms with Crippen LogP contribution in [0.5, 0.6) is 0 Å². The molecular weight excluding hydrogens is 390 g/mol. The molecule has 2 amide bonds. The van der Waals surface area contributed by atoms with Crippen LogP contribution in [-0.2, 0) is 16.0 Å². The summed E-state index contributed by atoms with van der Waals surface area (Å²) < 4.78 is 5.06. The van der Waals surface area contributed by atoms with Gasteiger partial charge in [-0.3, -0.25) is 9.59 Å². The Morgan fingerprint density at radius 2 is 1.81 bits per heavy atom. The van der Waals surface area contributed by atoms with Crippen LogP contribution in [0.2, 0.25) is 0 Å². The van der Waals surface area contributed by atoms with Gasteiger partial charge in [0.1, 0.15) is 6.04 Å². The van der Waals surface area contributed by atoms with Crippen molar-refractivity contribution in [2.24, 2.45) is 11.1 Å². The molecule has 172 valence electrons. The largest absolute Gasteiger partial charge is 0.472 e. The molecule has 0 aliphatic heterocycles. The highest BCUT2D eigenvalue weighted by atomic mass is 16.3. The molecule has 1 heterocycles. The SMILES string of the molecule is CC1=C(C)C(C)(CCC(=O)N[C@@H](CCCCN)C(=O)NCCc2ccoc2)C(C)=C1C. The number of unbranched alkanes of at least 4 members (excludes halogenated alkanes) is 1. The first-order valence-electron chi connectivity index (χ1n) is 11.3. The molecule has 1 aromatic heterocycles. The van der Waals surface area contributed by atoms with Gasteiger partial charge >= 0.3 is 0 Å². The third kappa shape index (κ3) is 6.33. The fourth-order valence-electron chi connectivity index (χ4n) is 4.33. The maximum absolute atomic E-state index is 12.8. The first-order valence-corrected chi connectivity index (χ1v) is 11.3. The van der Waals surface area contributed by atoms with E-state index >= 15 is 0 Å². The summed E-state index contributed by atoms with van der Waals surface area (Å²) in [5.74, 6) is -0.216. The molecule has 0 saturated carbocycles. The Hall–Kier alpha value is -2.34. The van der Waals surface area contributed by atoms with E-state index in [1.807, 2.05) is 6.07 Å². The summed E-state index contributed by atoms with van der Waals surface area (Å²) in [4.78, 5) is 25.5. The zero-order valence-corrected chi connectivity index (χ0v) is 19.8. The lowest BCUT2D eigenvalue weighted by atomic mass is 9.75. The summed E-state index contributed by atoms with van der Waals surface area (Å²) in [6.07, 6.45) is 7.34. The minimum absolute atomic E-state index is 0.0771. The minimum atomic E-state index is -0.531. The third-order valence-electron chi connectivity index (χ3n) is 7.09. The predicted octanol–water partition coefficient (Wildman–Crippen LogP) is 4.03. The molecule has 1 aliphatic carbocycles. The molecule has 0 bridgehead atoms. The number of nitrogens with one attached hydrogen (secondary N) is 2. The Kier molecular flexibility index (Phi) is 9.11. The minimum Gasteiger partial charge on any atom is -0.472 e. The quantitative estimate of drug-likeness (QED) is 0.437. The number of nitrogens with two attached hydrogens (primary N) is 1. The molecule has 1 atom stereocenters. The lowest BCUT2D eigenvalue weighted by Crippen LogP contribution is -2.47. The average Bonchev–Trinajstić information content (AvgIpc) is 3.32. The topological polar surface area (TPSA) is 97.4 Å². The smallest absolute Gasteiger partial charge is 0.242 e. The van der Waals surface area contributed by atoms with Crippen LogP contribution in [0.3, 0.4) is 0 Å². The third-order valence-corrected chi connectivity index (χ3v) is 7.09. The maximum atomic E-state index is 12.8. The number of amides is 2. The molecule has 6 heteroatoms. The Labute approximate surface area is 186 Å². The molecule has 0 spiro atoms. The first-order chi connectivity index (χ1) is 14.7. The molecule has 0 fully saturated rings. The van der Waals surface area contributed by atoms with Crippen molar-refractivity contribution < 1.29 is 14.0 Å². The van der Waals surface area contributed by atoms with Gasteiger partial charge in [-0.05, 0) is 89.1 Å². The molecule has 0 radical (unpaired) electrons. The van der Waals surface area contributed by atoms with Gasteiger partial charge in [0.25, 0.3) is 0 Å². The van der Waals surface area contributed by atoms with Crippen LogP contribution in [-0.4, -0.2) is 30.9 Å². The van der Waals surface area contributed by atoms with Crippen LogP contribution in [0.4, 0.5) is 0 Å². The van der Waals surface area contributed by atoms with Gasteiger partial charge in [-0.1, -0.05) is 18.1 Å². The van der Waals surface area contributed by atoms with Crippen LogP contribution < -0.4 is 16.4 Å². The number of hydrogen-bond donors (Lipinski definition) is 3. The lowest BCUT2D eigenvalue weighted by molar-refractivity contribution is -0.129. The summed E-state index contributed by atoms with van der Waals surface area (Å²) in [7, 11) is 0. The molecule has 2 rings (SSSR count). The molecule has 1 aliphatic rings. The zero-order chi connectivity index (χ0) is 23.0. The molecule has 31 heavy (non-hydrogen) atoms. The van der Waals surface area contributed by atoms with Crippen LogP contribution in [0.15, 0.2) is 45.3 Å². The number of allylic oxidation sites excluding steroid dienone is 4. The van der Waals surface area contributed by atoms with Crippen LogP contribution in [0.25, 0.3) is 0 Å². The second-order valence-corrected chi connectivity index (χ2v) is 8.91. The van der Waals surface area contributed by atoms with Gasteiger partial charge in [0.2, 0.25) is 11.8 Å². The van der Waals surface area contributed by atoms with E-state index < -0.39 is 6.04 Å². The van der Waals surface area contributed by atoms with E-state index in [0.717, 1.165) is 24.8 Å². The second kappa shape index (κ2) is 11.3. The normalized spacial score (nSPS) is 16.6. The zero-order valence-electron chi connectivity index (χ0n) is 19.8. The second-order valence-electron chi connectivity index (χ2n) is 8.91. The number of hydrogen-bond acceptors (Lipinski definition) is 4. The van der Waals surface area contributed by atoms with Gasteiger partial charge in [-0.15, -0.1) is 0 Å². The van der Waals surface area contributed by atoms with Gasteiger partial charge in [0, 0.05) is 18.4 Å². The van der Waals surface area contributed by atoms with E-state index in [1.54, 1.807) is 12.5 Å². The van der Waals surface area contributed by atoms with Gasteiger partial charge in [-0.25, -0.2) is 0 Å². The van der Waals surface area contributed by atoms with Crippen LogP contribution >= 0.6 is 0 Å². The van der Waals surface area contributed by atoms with E-state index in [1.165, 1.54) is 22.3 Å². The summed E-state index contributed by atoms with van der Waals surface area (Å²) in [6, 6.07) is 1.35. The number of carbonyl (C=O) groups is 2. The van der Waals surface area contributed by atoms with Crippen LogP contribution in [0.1, 0.15) is 72.3 Å². The molecule has 0 unspecified atom stereocenters. The van der Waals surface area contributed by atoms with E-state index in [0.29, 0.717) is 32.4 Å². The highest BCUT2D eigenvalue weighted by Crippen LogP contribution is 2.49. The van der Waals surface area contributed by atoms with Crippen molar-refractivity contribution >= 4 is 11.8 Å². The predicted molar refractivity (Wildman–Crippen MR) is 124 cm³/mol. The van der Waals surface area contributed by atoms with Crippen LogP contribution in [0, 0.1) is 5.41 Å². The van der Waals surface area contributed by atoms with Gasteiger partial charge in [-0.2, -0.15) is 0 Å². The van der Waals surface area contributed by atoms with Crippen molar-refractivity contribution in [2.45, 2.75) is 79.2 Å². The summed E-state index contributed by atoms with van der Waals surface area (Å²) in [5, 5.41) is 5.91. The summed E-state index contributed by atoms with van der Waals surface area (Å²) in [5.41, 5.74) is 11.9. The first kappa shape index (κ1) is 24.9.